The highest BCUT2D eigenvalue weighted by atomic mass is 32.1. The predicted molar refractivity (Wildman–Crippen MR) is 120 cm³/mol. The second kappa shape index (κ2) is 7.95. The molecule has 3 heterocycles. The largest absolute Gasteiger partial charge is 0.368 e. The van der Waals surface area contributed by atoms with Crippen LogP contribution in [0.2, 0.25) is 0 Å². The molecule has 5 rings (SSSR count). The number of anilines is 1. The van der Waals surface area contributed by atoms with Gasteiger partial charge in [0.2, 0.25) is 0 Å². The van der Waals surface area contributed by atoms with Crippen molar-refractivity contribution >= 4 is 33.1 Å². The Balaban J connectivity index is 1.37. The first-order valence-corrected chi connectivity index (χ1v) is 11.0. The minimum absolute atomic E-state index is 0.0632. The Labute approximate surface area is 178 Å². The Kier molecular flexibility index (Phi) is 5.01. The van der Waals surface area contributed by atoms with Crippen LogP contribution in [0.15, 0.2) is 72.1 Å². The van der Waals surface area contributed by atoms with E-state index in [4.69, 9.17) is 0 Å². The predicted octanol–water partition coefficient (Wildman–Crippen LogP) is 4.85. The molecule has 6 heteroatoms. The van der Waals surface area contributed by atoms with E-state index in [1.54, 1.807) is 23.5 Å². The molecule has 30 heavy (non-hydrogen) atoms. The lowest BCUT2D eigenvalue weighted by Crippen LogP contribution is -2.49. The Bertz CT molecular complexity index is 1160. The standard InChI is InChI=1S/C24H22FN3OS/c25-19-8-6-18(7-9-19)17-28-21-10-15-30-23(21)16-22(28)24(29)27-13-11-26(12-14-27)20-4-2-1-3-5-20/h1-10,15-16H,11-14,17H2. The second-order valence-electron chi connectivity index (χ2n) is 7.53. The molecule has 2 aromatic carbocycles. The molecule has 1 fully saturated rings. The Morgan fingerprint density at radius 2 is 1.67 bits per heavy atom. The van der Waals surface area contributed by atoms with E-state index in [-0.39, 0.29) is 11.7 Å². The molecule has 0 atom stereocenters. The summed E-state index contributed by atoms with van der Waals surface area (Å²) in [4.78, 5) is 17.7. The summed E-state index contributed by atoms with van der Waals surface area (Å²) < 4.78 is 16.5. The van der Waals surface area contributed by atoms with Crippen molar-refractivity contribution in [3.8, 4) is 0 Å². The fraction of sp³-hybridized carbons (Fsp3) is 0.208. The quantitative estimate of drug-likeness (QED) is 0.473. The van der Waals surface area contributed by atoms with Crippen molar-refractivity contribution < 1.29 is 9.18 Å². The zero-order chi connectivity index (χ0) is 20.5. The van der Waals surface area contributed by atoms with E-state index in [1.165, 1.54) is 17.8 Å². The molecule has 4 nitrogen and oxygen atoms in total. The Morgan fingerprint density at radius 1 is 0.933 bits per heavy atom. The summed E-state index contributed by atoms with van der Waals surface area (Å²) in [6.07, 6.45) is 0. The minimum atomic E-state index is -0.250. The highest BCUT2D eigenvalue weighted by Crippen LogP contribution is 2.28. The van der Waals surface area contributed by atoms with Crippen LogP contribution >= 0.6 is 11.3 Å². The average molecular weight is 420 g/mol. The Morgan fingerprint density at radius 3 is 2.40 bits per heavy atom. The van der Waals surface area contributed by atoms with Gasteiger partial charge < -0.3 is 14.4 Å². The number of aromatic nitrogens is 1. The average Bonchev–Trinajstić information content (AvgIpc) is 3.38. The summed E-state index contributed by atoms with van der Waals surface area (Å²) in [5, 5.41) is 2.04. The van der Waals surface area contributed by atoms with E-state index in [9.17, 15) is 9.18 Å². The van der Waals surface area contributed by atoms with Gasteiger partial charge in [-0.2, -0.15) is 0 Å². The van der Waals surface area contributed by atoms with Gasteiger partial charge in [-0.05, 0) is 47.3 Å². The lowest BCUT2D eigenvalue weighted by atomic mass is 10.2. The first-order chi connectivity index (χ1) is 14.7. The molecule has 0 bridgehead atoms. The third-order valence-corrected chi connectivity index (χ3v) is 6.54. The molecule has 0 N–H and O–H groups in total. The first kappa shape index (κ1) is 18.9. The Hall–Kier alpha value is -3.12. The molecule has 2 aromatic heterocycles. The summed E-state index contributed by atoms with van der Waals surface area (Å²) in [6.45, 7) is 3.59. The van der Waals surface area contributed by atoms with Crippen LogP contribution in [0.1, 0.15) is 16.1 Å². The van der Waals surface area contributed by atoms with E-state index < -0.39 is 0 Å². The smallest absolute Gasteiger partial charge is 0.270 e. The number of rotatable bonds is 4. The number of halogens is 1. The van der Waals surface area contributed by atoms with E-state index in [0.717, 1.165) is 28.9 Å². The van der Waals surface area contributed by atoms with E-state index in [1.807, 2.05) is 40.6 Å². The van der Waals surface area contributed by atoms with Crippen molar-refractivity contribution in [1.82, 2.24) is 9.47 Å². The number of para-hydroxylation sites is 1. The van der Waals surface area contributed by atoms with Gasteiger partial charge in [-0.15, -0.1) is 11.3 Å². The van der Waals surface area contributed by atoms with Gasteiger partial charge in [-0.1, -0.05) is 30.3 Å². The van der Waals surface area contributed by atoms with Crippen molar-refractivity contribution in [3.05, 3.63) is 89.2 Å². The number of nitrogens with zero attached hydrogens (tertiary/aromatic N) is 3. The number of hydrogen-bond donors (Lipinski definition) is 0. The van der Waals surface area contributed by atoms with Crippen molar-refractivity contribution in [2.75, 3.05) is 31.1 Å². The molecule has 1 saturated heterocycles. The van der Waals surface area contributed by atoms with Crippen molar-refractivity contribution in [1.29, 1.82) is 0 Å². The number of piperazine rings is 1. The number of carbonyl (C=O) groups excluding carboxylic acids is 1. The van der Waals surface area contributed by atoms with Gasteiger partial charge >= 0.3 is 0 Å². The van der Waals surface area contributed by atoms with Crippen molar-refractivity contribution in [3.63, 3.8) is 0 Å². The van der Waals surface area contributed by atoms with Gasteiger partial charge in [0.25, 0.3) is 5.91 Å². The summed E-state index contributed by atoms with van der Waals surface area (Å²) >= 11 is 1.64. The van der Waals surface area contributed by atoms with Crippen LogP contribution in [0.4, 0.5) is 10.1 Å². The number of thiophene rings is 1. The zero-order valence-electron chi connectivity index (χ0n) is 16.5. The molecular formula is C24H22FN3OS. The summed E-state index contributed by atoms with van der Waals surface area (Å²) in [5.74, 6) is -0.187. The fourth-order valence-electron chi connectivity index (χ4n) is 4.07. The molecule has 1 aliphatic rings. The molecule has 1 aliphatic heterocycles. The molecule has 0 aliphatic carbocycles. The van der Waals surface area contributed by atoms with Crippen LogP contribution in [0.5, 0.6) is 0 Å². The third-order valence-electron chi connectivity index (χ3n) is 5.68. The first-order valence-electron chi connectivity index (χ1n) is 10.1. The van der Waals surface area contributed by atoms with Crippen molar-refractivity contribution in [2.24, 2.45) is 0 Å². The SMILES string of the molecule is O=C(c1cc2sccc2n1Cc1ccc(F)cc1)N1CCN(c2ccccc2)CC1. The highest BCUT2D eigenvalue weighted by molar-refractivity contribution is 7.17. The second-order valence-corrected chi connectivity index (χ2v) is 8.47. The van der Waals surface area contributed by atoms with Crippen LogP contribution < -0.4 is 4.90 Å². The van der Waals surface area contributed by atoms with Crippen LogP contribution in [0.3, 0.4) is 0 Å². The molecule has 4 aromatic rings. The highest BCUT2D eigenvalue weighted by Gasteiger charge is 2.25. The molecule has 0 spiro atoms. The molecule has 0 unspecified atom stereocenters. The van der Waals surface area contributed by atoms with E-state index in [0.29, 0.717) is 25.3 Å². The monoisotopic (exact) mass is 419 g/mol. The third kappa shape index (κ3) is 3.59. The van der Waals surface area contributed by atoms with Crippen molar-refractivity contribution in [2.45, 2.75) is 6.54 Å². The summed E-state index contributed by atoms with van der Waals surface area (Å²) in [6, 6.07) is 20.9. The minimum Gasteiger partial charge on any atom is -0.368 e. The maximum Gasteiger partial charge on any atom is 0.270 e. The van der Waals surface area contributed by atoms with Gasteiger partial charge in [0.1, 0.15) is 11.5 Å². The molecule has 1 amide bonds. The zero-order valence-corrected chi connectivity index (χ0v) is 17.3. The lowest BCUT2D eigenvalue weighted by Gasteiger charge is -2.36. The fourth-order valence-corrected chi connectivity index (χ4v) is 4.89. The summed E-state index contributed by atoms with van der Waals surface area (Å²) in [7, 11) is 0. The molecule has 152 valence electrons. The number of carbonyl (C=O) groups is 1. The normalized spacial score (nSPS) is 14.4. The number of hydrogen-bond acceptors (Lipinski definition) is 3. The van der Waals surface area contributed by atoms with Gasteiger partial charge in [0, 0.05) is 38.4 Å². The van der Waals surface area contributed by atoms with Crippen LogP contribution in [0, 0.1) is 5.82 Å². The van der Waals surface area contributed by atoms with Crippen LogP contribution in [-0.2, 0) is 6.54 Å². The topological polar surface area (TPSA) is 28.5 Å². The van der Waals surface area contributed by atoms with Crippen LogP contribution in [-0.4, -0.2) is 41.6 Å². The van der Waals surface area contributed by atoms with Gasteiger partial charge in [-0.25, -0.2) is 4.39 Å². The maximum atomic E-state index is 13.4. The molecule has 0 saturated carbocycles. The maximum absolute atomic E-state index is 13.4. The van der Waals surface area contributed by atoms with Crippen LogP contribution in [0.25, 0.3) is 10.2 Å². The lowest BCUT2D eigenvalue weighted by molar-refractivity contribution is 0.0737. The molecular weight excluding hydrogens is 397 g/mol. The number of amides is 1. The van der Waals surface area contributed by atoms with E-state index in [2.05, 4.69) is 21.6 Å². The van der Waals surface area contributed by atoms with Gasteiger partial charge in [-0.3, -0.25) is 4.79 Å². The number of fused-ring (bicyclic) bond motifs is 1. The van der Waals surface area contributed by atoms with Gasteiger partial charge in [0.05, 0.1) is 10.2 Å². The van der Waals surface area contributed by atoms with E-state index >= 15 is 0 Å². The molecule has 0 radical (unpaired) electrons. The number of benzene rings is 2. The summed E-state index contributed by atoms with van der Waals surface area (Å²) in [5.41, 5.74) is 3.93. The van der Waals surface area contributed by atoms with Gasteiger partial charge in [0.15, 0.2) is 0 Å².